The van der Waals surface area contributed by atoms with Gasteiger partial charge in [-0.05, 0) is 42.0 Å². The maximum atomic E-state index is 9.20. The van der Waals surface area contributed by atoms with Gasteiger partial charge >= 0.3 is 0 Å². The molecular weight excluding hydrogens is 276 g/mol. The molecule has 0 aromatic carbocycles. The second-order valence-corrected chi connectivity index (χ2v) is 5.48. The lowest BCUT2D eigenvalue weighted by molar-refractivity contribution is 0.200. The fourth-order valence-electron chi connectivity index (χ4n) is 0.878. The van der Waals surface area contributed by atoms with Crippen LogP contribution in [0.3, 0.4) is 0 Å². The molecule has 0 saturated heterocycles. The summed E-state index contributed by atoms with van der Waals surface area (Å²) < 4.78 is 0.977. The van der Waals surface area contributed by atoms with Gasteiger partial charge in [-0.25, -0.2) is 4.98 Å². The summed E-state index contributed by atoms with van der Waals surface area (Å²) in [5.74, 6) is 0.786. The number of rotatable bonds is 5. The highest BCUT2D eigenvalue weighted by Crippen LogP contribution is 2.21. The van der Waals surface area contributed by atoms with Crippen LogP contribution in [0.25, 0.3) is 0 Å². The van der Waals surface area contributed by atoms with Crippen molar-refractivity contribution in [2.45, 2.75) is 17.5 Å². The van der Waals surface area contributed by atoms with E-state index in [9.17, 15) is 5.11 Å². The number of nitrogens with one attached hydrogen (secondary N) is 1. The van der Waals surface area contributed by atoms with Crippen LogP contribution in [0.5, 0.6) is 0 Å². The van der Waals surface area contributed by atoms with Crippen molar-refractivity contribution in [1.29, 1.82) is 0 Å². The van der Waals surface area contributed by atoms with Crippen molar-refractivity contribution in [3.63, 3.8) is 0 Å². The van der Waals surface area contributed by atoms with Crippen molar-refractivity contribution in [2.24, 2.45) is 0 Å². The number of likely N-dealkylation sites (N-methyl/N-ethyl adjacent to an activating group) is 1. The first-order valence-corrected chi connectivity index (χ1v) is 6.41. The van der Waals surface area contributed by atoms with E-state index in [4.69, 9.17) is 0 Å². The Morgan fingerprint density at radius 3 is 2.80 bits per heavy atom. The summed E-state index contributed by atoms with van der Waals surface area (Å²) in [4.78, 5) is 4.26. The first-order chi connectivity index (χ1) is 7.09. The van der Waals surface area contributed by atoms with E-state index in [0.29, 0.717) is 0 Å². The van der Waals surface area contributed by atoms with E-state index in [1.165, 1.54) is 0 Å². The number of halogens is 1. The zero-order valence-electron chi connectivity index (χ0n) is 8.83. The van der Waals surface area contributed by atoms with E-state index in [-0.39, 0.29) is 12.1 Å². The Morgan fingerprint density at radius 2 is 2.33 bits per heavy atom. The van der Waals surface area contributed by atoms with Gasteiger partial charge in [0.2, 0.25) is 0 Å². The van der Waals surface area contributed by atoms with Gasteiger partial charge in [-0.1, -0.05) is 0 Å². The summed E-state index contributed by atoms with van der Waals surface area (Å²) in [6.07, 6.45) is 1.78. The van der Waals surface area contributed by atoms with Crippen molar-refractivity contribution in [2.75, 3.05) is 19.4 Å². The van der Waals surface area contributed by atoms with Gasteiger partial charge in [0.1, 0.15) is 0 Å². The lowest BCUT2D eigenvalue weighted by atomic mass is 10.1. The van der Waals surface area contributed by atoms with Gasteiger partial charge in [0, 0.05) is 22.0 Å². The Labute approximate surface area is 103 Å². The molecule has 0 bridgehead atoms. The zero-order valence-corrected chi connectivity index (χ0v) is 11.2. The normalized spacial score (nSPS) is 14.9. The molecule has 1 aromatic heterocycles. The molecule has 5 heteroatoms. The standard InChI is InChI=1S/C10H15BrN2OS/c1-10(6-14,12-2)7-15-9-4-3-8(11)5-13-9/h3-5,12,14H,6-7H2,1-2H3. The molecule has 0 aliphatic carbocycles. The lowest BCUT2D eigenvalue weighted by Gasteiger charge is -2.25. The molecule has 1 heterocycles. The van der Waals surface area contributed by atoms with Gasteiger partial charge in [-0.15, -0.1) is 11.8 Å². The number of nitrogens with zero attached hydrogens (tertiary/aromatic N) is 1. The minimum Gasteiger partial charge on any atom is -0.394 e. The second kappa shape index (κ2) is 5.84. The Bertz CT molecular complexity index is 301. The van der Waals surface area contributed by atoms with Crippen LogP contribution in [0.4, 0.5) is 0 Å². The third kappa shape index (κ3) is 4.10. The minimum absolute atomic E-state index is 0.118. The van der Waals surface area contributed by atoms with Gasteiger partial charge in [-0.3, -0.25) is 0 Å². The van der Waals surface area contributed by atoms with Gasteiger partial charge in [0.15, 0.2) is 0 Å². The highest BCUT2D eigenvalue weighted by molar-refractivity contribution is 9.10. The van der Waals surface area contributed by atoms with Crippen molar-refractivity contribution in [3.8, 4) is 0 Å². The minimum atomic E-state index is -0.251. The molecule has 0 saturated carbocycles. The SMILES string of the molecule is CNC(C)(CO)CSc1ccc(Br)cn1. The van der Waals surface area contributed by atoms with Crippen LogP contribution in [-0.2, 0) is 0 Å². The topological polar surface area (TPSA) is 45.1 Å². The lowest BCUT2D eigenvalue weighted by Crippen LogP contribution is -2.45. The maximum Gasteiger partial charge on any atom is 0.0961 e. The second-order valence-electron chi connectivity index (χ2n) is 3.57. The molecule has 1 aromatic rings. The third-order valence-electron chi connectivity index (χ3n) is 2.19. The van der Waals surface area contributed by atoms with Crippen molar-refractivity contribution in [1.82, 2.24) is 10.3 Å². The summed E-state index contributed by atoms with van der Waals surface area (Å²) in [7, 11) is 1.85. The van der Waals surface area contributed by atoms with Crippen LogP contribution in [0, 0.1) is 0 Å². The molecule has 15 heavy (non-hydrogen) atoms. The van der Waals surface area contributed by atoms with E-state index in [2.05, 4.69) is 26.2 Å². The fraction of sp³-hybridized carbons (Fsp3) is 0.500. The largest absolute Gasteiger partial charge is 0.394 e. The van der Waals surface area contributed by atoms with Gasteiger partial charge in [0.05, 0.1) is 11.6 Å². The first-order valence-electron chi connectivity index (χ1n) is 4.64. The third-order valence-corrected chi connectivity index (χ3v) is 3.98. The molecule has 84 valence electrons. The van der Waals surface area contributed by atoms with Crippen LogP contribution >= 0.6 is 27.7 Å². The smallest absolute Gasteiger partial charge is 0.0961 e. The number of aliphatic hydroxyl groups excluding tert-OH is 1. The Kier molecular flexibility index (Phi) is 5.05. The van der Waals surface area contributed by atoms with Gasteiger partial charge in [0.25, 0.3) is 0 Å². The average Bonchev–Trinajstić information content (AvgIpc) is 2.28. The van der Waals surface area contributed by atoms with E-state index in [0.717, 1.165) is 15.3 Å². The summed E-state index contributed by atoms with van der Waals surface area (Å²) in [6, 6.07) is 3.92. The highest BCUT2D eigenvalue weighted by Gasteiger charge is 2.20. The zero-order chi connectivity index (χ0) is 11.3. The van der Waals surface area contributed by atoms with E-state index in [1.54, 1.807) is 18.0 Å². The Hall–Kier alpha value is -0.100. The average molecular weight is 291 g/mol. The molecular formula is C10H15BrN2OS. The molecule has 0 amide bonds. The summed E-state index contributed by atoms with van der Waals surface area (Å²) in [5, 5.41) is 13.3. The quantitative estimate of drug-likeness (QED) is 0.813. The van der Waals surface area contributed by atoms with E-state index < -0.39 is 0 Å². The molecule has 0 fully saturated rings. The number of hydrogen-bond acceptors (Lipinski definition) is 4. The monoisotopic (exact) mass is 290 g/mol. The number of pyridine rings is 1. The number of thioether (sulfide) groups is 1. The molecule has 3 nitrogen and oxygen atoms in total. The summed E-state index contributed by atoms with van der Waals surface area (Å²) in [5.41, 5.74) is -0.251. The predicted octanol–water partition coefficient (Wildman–Crippen LogP) is 1.91. The van der Waals surface area contributed by atoms with Crippen molar-refractivity contribution >= 4 is 27.7 Å². The fourth-order valence-corrected chi connectivity index (χ4v) is 2.11. The molecule has 1 rings (SSSR count). The van der Waals surface area contributed by atoms with Crippen LogP contribution in [0.15, 0.2) is 27.8 Å². The number of aliphatic hydroxyl groups is 1. The van der Waals surface area contributed by atoms with Crippen molar-refractivity contribution in [3.05, 3.63) is 22.8 Å². The van der Waals surface area contributed by atoms with Crippen molar-refractivity contribution < 1.29 is 5.11 Å². The highest BCUT2D eigenvalue weighted by atomic mass is 79.9. The van der Waals surface area contributed by atoms with E-state index >= 15 is 0 Å². The number of aromatic nitrogens is 1. The van der Waals surface area contributed by atoms with E-state index in [1.807, 2.05) is 26.1 Å². The Balaban J connectivity index is 2.53. The van der Waals surface area contributed by atoms with Crippen LogP contribution in [0.1, 0.15) is 6.92 Å². The predicted molar refractivity (Wildman–Crippen MR) is 67.2 cm³/mol. The van der Waals surface area contributed by atoms with Gasteiger partial charge < -0.3 is 10.4 Å². The molecule has 0 aliphatic heterocycles. The molecule has 1 unspecified atom stereocenters. The van der Waals surface area contributed by atoms with Gasteiger partial charge in [-0.2, -0.15) is 0 Å². The summed E-state index contributed by atoms with van der Waals surface area (Å²) >= 11 is 4.97. The first kappa shape index (κ1) is 13.0. The Morgan fingerprint density at radius 1 is 1.60 bits per heavy atom. The molecule has 0 radical (unpaired) electrons. The molecule has 2 N–H and O–H groups in total. The molecule has 1 atom stereocenters. The van der Waals surface area contributed by atoms with Crippen LogP contribution in [-0.4, -0.2) is 35.0 Å². The summed E-state index contributed by atoms with van der Waals surface area (Å²) in [6.45, 7) is 2.10. The molecule has 0 spiro atoms. The molecule has 0 aliphatic rings. The maximum absolute atomic E-state index is 9.20. The van der Waals surface area contributed by atoms with Crippen LogP contribution in [0.2, 0.25) is 0 Å². The van der Waals surface area contributed by atoms with Crippen LogP contribution < -0.4 is 5.32 Å². The number of hydrogen-bond donors (Lipinski definition) is 2.